The number of nitro benzene ring substituents is 1. The summed E-state index contributed by atoms with van der Waals surface area (Å²) >= 11 is 12.1. The molecule has 1 aliphatic rings. The van der Waals surface area contributed by atoms with Gasteiger partial charge in [-0.2, -0.15) is 0 Å². The molecule has 1 atom stereocenters. The van der Waals surface area contributed by atoms with Crippen LogP contribution in [0, 0.1) is 16.0 Å². The summed E-state index contributed by atoms with van der Waals surface area (Å²) in [5.41, 5.74) is 0.482. The van der Waals surface area contributed by atoms with E-state index in [1.807, 2.05) is 0 Å². The SMILES string of the molecule is CN1CCCC(CNc2c(Cl)cc([N+](=O)[O-])cc2Cl)C1. The van der Waals surface area contributed by atoms with Crippen LogP contribution in [-0.2, 0) is 0 Å². The molecule has 1 N–H and O–H groups in total. The van der Waals surface area contributed by atoms with Crippen molar-refractivity contribution in [3.05, 3.63) is 32.3 Å². The Balaban J connectivity index is 2.04. The van der Waals surface area contributed by atoms with Crippen LogP contribution in [0.3, 0.4) is 0 Å². The summed E-state index contributed by atoms with van der Waals surface area (Å²) in [6.45, 7) is 2.94. The maximum atomic E-state index is 10.7. The van der Waals surface area contributed by atoms with Crippen molar-refractivity contribution in [1.82, 2.24) is 4.90 Å². The van der Waals surface area contributed by atoms with Crippen LogP contribution < -0.4 is 5.32 Å². The van der Waals surface area contributed by atoms with Gasteiger partial charge < -0.3 is 10.2 Å². The molecule has 1 saturated heterocycles. The molecule has 7 heteroatoms. The first-order valence-corrected chi connectivity index (χ1v) is 7.29. The van der Waals surface area contributed by atoms with Gasteiger partial charge in [-0.05, 0) is 32.4 Å². The van der Waals surface area contributed by atoms with Gasteiger partial charge in [0.05, 0.1) is 20.7 Å². The zero-order chi connectivity index (χ0) is 14.7. The van der Waals surface area contributed by atoms with Crippen molar-refractivity contribution < 1.29 is 4.92 Å². The van der Waals surface area contributed by atoms with Gasteiger partial charge in [-0.1, -0.05) is 23.2 Å². The van der Waals surface area contributed by atoms with Crippen molar-refractivity contribution in [2.75, 3.05) is 32.0 Å². The summed E-state index contributed by atoms with van der Waals surface area (Å²) in [6.07, 6.45) is 2.35. The number of benzene rings is 1. The first-order chi connectivity index (χ1) is 9.47. The van der Waals surface area contributed by atoms with Gasteiger partial charge >= 0.3 is 0 Å². The number of halogens is 2. The molecule has 1 aromatic carbocycles. The zero-order valence-electron chi connectivity index (χ0n) is 11.2. The molecular weight excluding hydrogens is 301 g/mol. The predicted octanol–water partition coefficient (Wildman–Crippen LogP) is 3.66. The number of non-ortho nitro benzene ring substituents is 1. The molecule has 0 amide bonds. The smallest absolute Gasteiger partial charge is 0.272 e. The molecule has 0 bridgehead atoms. The summed E-state index contributed by atoms with van der Waals surface area (Å²) in [7, 11) is 2.11. The van der Waals surface area contributed by atoms with Crippen molar-refractivity contribution in [2.45, 2.75) is 12.8 Å². The van der Waals surface area contributed by atoms with E-state index in [-0.39, 0.29) is 15.7 Å². The molecular formula is C13H17Cl2N3O2. The molecule has 110 valence electrons. The monoisotopic (exact) mass is 317 g/mol. The molecule has 1 fully saturated rings. The Morgan fingerprint density at radius 1 is 1.45 bits per heavy atom. The molecule has 0 radical (unpaired) electrons. The highest BCUT2D eigenvalue weighted by molar-refractivity contribution is 6.39. The van der Waals surface area contributed by atoms with Crippen LogP contribution >= 0.6 is 23.2 Å². The normalized spacial score (nSPS) is 19.9. The number of hydrogen-bond acceptors (Lipinski definition) is 4. The Bertz CT molecular complexity index is 487. The molecule has 1 unspecified atom stereocenters. The maximum absolute atomic E-state index is 10.7. The highest BCUT2D eigenvalue weighted by Gasteiger charge is 2.19. The molecule has 0 aliphatic carbocycles. The average Bonchev–Trinajstić information content (AvgIpc) is 2.37. The van der Waals surface area contributed by atoms with Crippen LogP contribution in [0.25, 0.3) is 0 Å². The maximum Gasteiger partial charge on any atom is 0.272 e. The van der Waals surface area contributed by atoms with E-state index in [4.69, 9.17) is 23.2 Å². The highest BCUT2D eigenvalue weighted by atomic mass is 35.5. The Hall–Kier alpha value is -1.04. The molecule has 5 nitrogen and oxygen atoms in total. The van der Waals surface area contributed by atoms with Gasteiger partial charge in [0.1, 0.15) is 0 Å². The average molecular weight is 318 g/mol. The van der Waals surface area contributed by atoms with Crippen molar-refractivity contribution in [2.24, 2.45) is 5.92 Å². The van der Waals surface area contributed by atoms with Crippen molar-refractivity contribution in [1.29, 1.82) is 0 Å². The lowest BCUT2D eigenvalue weighted by molar-refractivity contribution is -0.384. The third kappa shape index (κ3) is 3.75. The molecule has 20 heavy (non-hydrogen) atoms. The minimum absolute atomic E-state index is 0.0945. The fourth-order valence-corrected chi connectivity index (χ4v) is 3.13. The summed E-state index contributed by atoms with van der Waals surface area (Å²) in [5, 5.41) is 14.5. The van der Waals surface area contributed by atoms with Gasteiger partial charge in [-0.3, -0.25) is 10.1 Å². The number of piperidine rings is 1. The largest absolute Gasteiger partial charge is 0.382 e. The Morgan fingerprint density at radius 3 is 2.65 bits per heavy atom. The lowest BCUT2D eigenvalue weighted by atomic mass is 9.98. The Kier molecular flexibility index (Phi) is 5.07. The van der Waals surface area contributed by atoms with E-state index in [0.29, 0.717) is 11.6 Å². The molecule has 2 rings (SSSR count). The fraction of sp³-hybridized carbons (Fsp3) is 0.538. The molecule has 1 aromatic rings. The quantitative estimate of drug-likeness (QED) is 0.680. The lowest BCUT2D eigenvalue weighted by Crippen LogP contribution is -2.35. The van der Waals surface area contributed by atoms with Crippen molar-refractivity contribution >= 4 is 34.6 Å². The number of likely N-dealkylation sites (tertiary alicyclic amines) is 1. The number of nitro groups is 1. The summed E-state index contributed by atoms with van der Waals surface area (Å²) in [4.78, 5) is 12.5. The molecule has 1 heterocycles. The number of nitrogens with one attached hydrogen (secondary N) is 1. The van der Waals surface area contributed by atoms with E-state index in [9.17, 15) is 10.1 Å². The van der Waals surface area contributed by atoms with Crippen LogP contribution in [0.4, 0.5) is 11.4 Å². The van der Waals surface area contributed by atoms with Gasteiger partial charge in [0, 0.05) is 25.2 Å². The van der Waals surface area contributed by atoms with Crippen LogP contribution in [0.15, 0.2) is 12.1 Å². The topological polar surface area (TPSA) is 58.4 Å². The summed E-state index contributed by atoms with van der Waals surface area (Å²) < 4.78 is 0. The highest BCUT2D eigenvalue weighted by Crippen LogP contribution is 2.35. The van der Waals surface area contributed by atoms with Crippen LogP contribution in [0.2, 0.25) is 10.0 Å². The molecule has 0 aromatic heterocycles. The Morgan fingerprint density at radius 2 is 2.10 bits per heavy atom. The minimum atomic E-state index is -0.502. The minimum Gasteiger partial charge on any atom is -0.382 e. The number of anilines is 1. The molecule has 1 aliphatic heterocycles. The van der Waals surface area contributed by atoms with Crippen molar-refractivity contribution in [3.63, 3.8) is 0 Å². The molecule has 0 spiro atoms. The summed E-state index contributed by atoms with van der Waals surface area (Å²) in [5.74, 6) is 0.538. The number of nitrogens with zero attached hydrogens (tertiary/aromatic N) is 2. The van der Waals surface area contributed by atoms with Crippen molar-refractivity contribution in [3.8, 4) is 0 Å². The first-order valence-electron chi connectivity index (χ1n) is 6.53. The number of rotatable bonds is 4. The second-order valence-electron chi connectivity index (χ2n) is 5.19. The third-order valence-corrected chi connectivity index (χ3v) is 4.12. The zero-order valence-corrected chi connectivity index (χ0v) is 12.7. The third-order valence-electron chi connectivity index (χ3n) is 3.53. The van der Waals surface area contributed by atoms with Gasteiger partial charge in [-0.25, -0.2) is 0 Å². The molecule has 0 saturated carbocycles. The summed E-state index contributed by atoms with van der Waals surface area (Å²) in [6, 6.07) is 2.64. The van der Waals surface area contributed by atoms with Gasteiger partial charge in [-0.15, -0.1) is 0 Å². The second-order valence-corrected chi connectivity index (χ2v) is 6.01. The van der Waals surface area contributed by atoms with Gasteiger partial charge in [0.2, 0.25) is 0 Å². The van der Waals surface area contributed by atoms with E-state index in [0.717, 1.165) is 19.6 Å². The van der Waals surface area contributed by atoms with E-state index >= 15 is 0 Å². The standard InChI is InChI=1S/C13H17Cl2N3O2/c1-17-4-2-3-9(8-17)7-16-13-11(14)5-10(18(19)20)6-12(13)15/h5-6,9,16H,2-4,7-8H2,1H3. The van der Waals surface area contributed by atoms with Crippen LogP contribution in [0.5, 0.6) is 0 Å². The van der Waals surface area contributed by atoms with E-state index in [2.05, 4.69) is 17.3 Å². The van der Waals surface area contributed by atoms with E-state index in [1.54, 1.807) is 0 Å². The lowest BCUT2D eigenvalue weighted by Gasteiger charge is -2.30. The van der Waals surface area contributed by atoms with Gasteiger partial charge in [0.25, 0.3) is 5.69 Å². The van der Waals surface area contributed by atoms with Crippen LogP contribution in [-0.4, -0.2) is 36.5 Å². The Labute approximate surface area is 128 Å². The predicted molar refractivity (Wildman–Crippen MR) is 81.8 cm³/mol. The second kappa shape index (κ2) is 6.61. The fourth-order valence-electron chi connectivity index (χ4n) is 2.52. The van der Waals surface area contributed by atoms with E-state index in [1.165, 1.54) is 25.0 Å². The van der Waals surface area contributed by atoms with Gasteiger partial charge in [0.15, 0.2) is 0 Å². The first kappa shape index (κ1) is 15.4. The van der Waals surface area contributed by atoms with E-state index < -0.39 is 4.92 Å². The van der Waals surface area contributed by atoms with Crippen LogP contribution in [0.1, 0.15) is 12.8 Å². The number of hydrogen-bond donors (Lipinski definition) is 1.